The van der Waals surface area contributed by atoms with Crippen molar-refractivity contribution in [3.05, 3.63) is 36.4 Å². The fraction of sp³-hybridized carbons (Fsp3) is 0.462. The van der Waals surface area contributed by atoms with Crippen molar-refractivity contribution < 1.29 is 0 Å². The summed E-state index contributed by atoms with van der Waals surface area (Å²) in [7, 11) is 0. The fourth-order valence-electron chi connectivity index (χ4n) is 2.01. The first-order valence-electron chi connectivity index (χ1n) is 5.59. The van der Waals surface area contributed by atoms with Gasteiger partial charge >= 0.3 is 0 Å². The van der Waals surface area contributed by atoms with Gasteiger partial charge in [-0.3, -0.25) is 0 Å². The molecule has 0 aromatic heterocycles. The monoisotopic (exact) mass is 188 g/mol. The van der Waals surface area contributed by atoms with E-state index in [1.807, 2.05) is 0 Å². The third-order valence-electron chi connectivity index (χ3n) is 2.84. The highest BCUT2D eigenvalue weighted by atomic mass is 15.1. The molecule has 1 radical (unpaired) electrons. The zero-order chi connectivity index (χ0) is 9.80. The Labute approximate surface area is 86.7 Å². The van der Waals surface area contributed by atoms with Crippen LogP contribution < -0.4 is 4.90 Å². The summed E-state index contributed by atoms with van der Waals surface area (Å²) in [5.74, 6) is 0. The number of nitrogens with zero attached hydrogens (tertiary/aromatic N) is 1. The second-order valence-electron chi connectivity index (χ2n) is 3.92. The summed E-state index contributed by atoms with van der Waals surface area (Å²) in [6.45, 7) is 5.76. The van der Waals surface area contributed by atoms with Gasteiger partial charge in [0.1, 0.15) is 0 Å². The van der Waals surface area contributed by atoms with Crippen LogP contribution in [-0.2, 0) is 6.42 Å². The third kappa shape index (κ3) is 1.92. The second-order valence-corrected chi connectivity index (χ2v) is 3.92. The highest BCUT2D eigenvalue weighted by molar-refractivity contribution is 5.60. The van der Waals surface area contributed by atoms with Crippen LogP contribution in [0, 0.1) is 6.54 Å². The molecule has 0 fully saturated rings. The van der Waals surface area contributed by atoms with Crippen molar-refractivity contribution >= 4 is 5.69 Å². The first-order chi connectivity index (χ1) is 6.92. The molecule has 1 aliphatic rings. The Morgan fingerprint density at radius 3 is 2.93 bits per heavy atom. The summed E-state index contributed by atoms with van der Waals surface area (Å²) in [6.07, 6.45) is 5.06. The number of fused-ring (bicyclic) bond motifs is 1. The van der Waals surface area contributed by atoms with E-state index in [0.29, 0.717) is 0 Å². The van der Waals surface area contributed by atoms with Crippen molar-refractivity contribution in [3.8, 4) is 0 Å². The van der Waals surface area contributed by atoms with Crippen LogP contribution in [0.25, 0.3) is 0 Å². The maximum Gasteiger partial charge on any atom is 0.0537 e. The van der Waals surface area contributed by atoms with Gasteiger partial charge in [0.15, 0.2) is 0 Å². The molecule has 2 rings (SSSR count). The molecule has 0 bridgehead atoms. The predicted molar refractivity (Wildman–Crippen MR) is 61.3 cm³/mol. The molecule has 75 valence electrons. The van der Waals surface area contributed by atoms with Gasteiger partial charge in [0, 0.05) is 12.2 Å². The van der Waals surface area contributed by atoms with E-state index in [9.17, 15) is 0 Å². The molecule has 0 N–H and O–H groups in total. The van der Waals surface area contributed by atoms with E-state index in [1.54, 1.807) is 0 Å². The highest BCUT2D eigenvalue weighted by Crippen LogP contribution is 2.29. The van der Waals surface area contributed by atoms with E-state index in [-0.39, 0.29) is 0 Å². The van der Waals surface area contributed by atoms with Gasteiger partial charge < -0.3 is 4.90 Å². The highest BCUT2D eigenvalue weighted by Gasteiger charge is 2.17. The number of hydrogen-bond acceptors (Lipinski definition) is 1. The van der Waals surface area contributed by atoms with E-state index in [2.05, 4.69) is 42.6 Å². The van der Waals surface area contributed by atoms with E-state index in [0.717, 1.165) is 6.42 Å². The number of unbranched alkanes of at least 4 members (excludes halogenated alkanes) is 2. The second kappa shape index (κ2) is 4.50. The number of benzene rings is 1. The Bertz CT molecular complexity index is 293. The molecule has 0 atom stereocenters. The van der Waals surface area contributed by atoms with E-state index < -0.39 is 0 Å². The Hall–Kier alpha value is -0.980. The minimum Gasteiger partial charge on any atom is -0.366 e. The Morgan fingerprint density at radius 1 is 1.21 bits per heavy atom. The van der Waals surface area contributed by atoms with Crippen LogP contribution in [-0.4, -0.2) is 6.54 Å². The van der Waals surface area contributed by atoms with Gasteiger partial charge in [0.2, 0.25) is 0 Å². The maximum absolute atomic E-state index is 2.41. The lowest BCUT2D eigenvalue weighted by atomic mass is 10.2. The number of para-hydroxylation sites is 1. The van der Waals surface area contributed by atoms with Gasteiger partial charge in [-0.25, -0.2) is 0 Å². The first kappa shape index (κ1) is 9.57. The average Bonchev–Trinajstić information content (AvgIpc) is 2.63. The van der Waals surface area contributed by atoms with Crippen LogP contribution in [0.5, 0.6) is 0 Å². The summed E-state index contributed by atoms with van der Waals surface area (Å²) in [4.78, 5) is 2.41. The van der Waals surface area contributed by atoms with Crippen LogP contribution in [0.15, 0.2) is 24.3 Å². The number of anilines is 1. The van der Waals surface area contributed by atoms with Crippen LogP contribution in [0.3, 0.4) is 0 Å². The Morgan fingerprint density at radius 2 is 2.07 bits per heavy atom. The lowest BCUT2D eigenvalue weighted by Gasteiger charge is -2.18. The van der Waals surface area contributed by atoms with E-state index >= 15 is 0 Å². The minimum atomic E-state index is 1.11. The van der Waals surface area contributed by atoms with Gasteiger partial charge in [0.25, 0.3) is 0 Å². The summed E-state index contributed by atoms with van der Waals surface area (Å²) in [5.41, 5.74) is 2.90. The lowest BCUT2D eigenvalue weighted by molar-refractivity contribution is 0.707. The topological polar surface area (TPSA) is 3.24 Å². The Balaban J connectivity index is 1.96. The third-order valence-corrected chi connectivity index (χ3v) is 2.84. The number of rotatable bonds is 4. The van der Waals surface area contributed by atoms with Gasteiger partial charge in [0.05, 0.1) is 6.54 Å². The molecule has 0 saturated heterocycles. The van der Waals surface area contributed by atoms with E-state index in [1.165, 1.54) is 37.1 Å². The minimum absolute atomic E-state index is 1.11. The van der Waals surface area contributed by atoms with Crippen LogP contribution in [0.2, 0.25) is 0 Å². The first-order valence-corrected chi connectivity index (χ1v) is 5.59. The fourth-order valence-corrected chi connectivity index (χ4v) is 2.01. The number of hydrogen-bond donors (Lipinski definition) is 0. The lowest BCUT2D eigenvalue weighted by Crippen LogP contribution is -2.17. The van der Waals surface area contributed by atoms with Crippen molar-refractivity contribution in [2.75, 3.05) is 11.4 Å². The molecule has 0 unspecified atom stereocenters. The molecule has 1 aliphatic heterocycles. The van der Waals surface area contributed by atoms with Crippen LogP contribution in [0.1, 0.15) is 31.7 Å². The zero-order valence-corrected chi connectivity index (χ0v) is 8.87. The molecule has 1 aromatic carbocycles. The SMILES string of the molecule is CCCCCN1[CH]Cc2ccccc21. The van der Waals surface area contributed by atoms with Crippen molar-refractivity contribution in [1.29, 1.82) is 0 Å². The summed E-state index contributed by atoms with van der Waals surface area (Å²) in [5, 5.41) is 0. The Kier molecular flexibility index (Phi) is 3.07. The standard InChI is InChI=1S/C13H18N/c1-2-3-6-10-14-11-9-12-7-4-5-8-13(12)14/h4-5,7-8,11H,2-3,6,9-10H2,1H3. The zero-order valence-electron chi connectivity index (χ0n) is 8.87. The van der Waals surface area contributed by atoms with Crippen molar-refractivity contribution in [3.63, 3.8) is 0 Å². The maximum atomic E-state index is 2.41. The van der Waals surface area contributed by atoms with Crippen molar-refractivity contribution in [2.45, 2.75) is 32.6 Å². The summed E-state index contributed by atoms with van der Waals surface area (Å²) in [6, 6.07) is 8.71. The molecule has 14 heavy (non-hydrogen) atoms. The average molecular weight is 188 g/mol. The molecule has 1 nitrogen and oxygen atoms in total. The molecule has 0 spiro atoms. The molecule has 0 amide bonds. The molecule has 1 heteroatoms. The van der Waals surface area contributed by atoms with Crippen LogP contribution in [0.4, 0.5) is 5.69 Å². The molecule has 1 aromatic rings. The molecule has 1 heterocycles. The van der Waals surface area contributed by atoms with Crippen molar-refractivity contribution in [2.24, 2.45) is 0 Å². The molecular formula is C13H18N. The predicted octanol–water partition coefficient (Wildman–Crippen LogP) is 3.40. The largest absolute Gasteiger partial charge is 0.366 e. The van der Waals surface area contributed by atoms with Crippen LogP contribution >= 0.6 is 0 Å². The van der Waals surface area contributed by atoms with Crippen molar-refractivity contribution in [1.82, 2.24) is 0 Å². The van der Waals surface area contributed by atoms with Gasteiger partial charge in [-0.2, -0.15) is 0 Å². The smallest absolute Gasteiger partial charge is 0.0537 e. The van der Waals surface area contributed by atoms with E-state index in [4.69, 9.17) is 0 Å². The van der Waals surface area contributed by atoms with Gasteiger partial charge in [-0.15, -0.1) is 0 Å². The van der Waals surface area contributed by atoms with Gasteiger partial charge in [-0.1, -0.05) is 38.0 Å². The van der Waals surface area contributed by atoms with Gasteiger partial charge in [-0.05, 0) is 24.5 Å². The summed E-state index contributed by atoms with van der Waals surface area (Å²) >= 11 is 0. The summed E-state index contributed by atoms with van der Waals surface area (Å²) < 4.78 is 0. The molecule has 0 saturated carbocycles. The molecule has 0 aliphatic carbocycles. The molecular weight excluding hydrogens is 170 g/mol. The quantitative estimate of drug-likeness (QED) is 0.654. The normalized spacial score (nSPS) is 14.5.